The van der Waals surface area contributed by atoms with Gasteiger partial charge >= 0.3 is 0 Å². The van der Waals surface area contributed by atoms with Gasteiger partial charge in [0.25, 0.3) is 0 Å². The molecule has 0 radical (unpaired) electrons. The minimum absolute atomic E-state index is 0.328. The van der Waals surface area contributed by atoms with Gasteiger partial charge in [-0.05, 0) is 18.4 Å². The molecule has 0 fully saturated rings. The Kier molecular flexibility index (Phi) is 5.36. The summed E-state index contributed by atoms with van der Waals surface area (Å²) in [4.78, 5) is 0. The number of aromatic nitrogens is 2. The highest BCUT2D eigenvalue weighted by Crippen LogP contribution is 2.04. The molecule has 1 heterocycles. The molecule has 0 bridgehead atoms. The van der Waals surface area contributed by atoms with Gasteiger partial charge in [0, 0.05) is 32.9 Å². The predicted molar refractivity (Wildman–Crippen MR) is 58.6 cm³/mol. The van der Waals surface area contributed by atoms with E-state index in [9.17, 15) is 5.11 Å². The Hall–Kier alpha value is -0.870. The van der Waals surface area contributed by atoms with Gasteiger partial charge in [0.2, 0.25) is 0 Å². The lowest BCUT2D eigenvalue weighted by Gasteiger charge is -2.09. The zero-order valence-corrected chi connectivity index (χ0v) is 9.52. The van der Waals surface area contributed by atoms with Crippen molar-refractivity contribution in [2.45, 2.75) is 32.3 Å². The van der Waals surface area contributed by atoms with Crippen LogP contribution in [0.5, 0.6) is 0 Å². The van der Waals surface area contributed by atoms with Gasteiger partial charge in [-0.1, -0.05) is 6.92 Å². The van der Waals surface area contributed by atoms with Crippen LogP contribution in [0.1, 0.15) is 25.3 Å². The second kappa shape index (κ2) is 6.58. The van der Waals surface area contributed by atoms with Crippen molar-refractivity contribution >= 4 is 0 Å². The van der Waals surface area contributed by atoms with Crippen molar-refractivity contribution in [1.29, 1.82) is 0 Å². The molecule has 86 valence electrons. The van der Waals surface area contributed by atoms with Crippen LogP contribution in [-0.4, -0.2) is 34.2 Å². The number of hydrogen-bond acceptors (Lipinski definition) is 3. The third-order valence-corrected chi connectivity index (χ3v) is 2.17. The number of aliphatic hydroxyl groups is 1. The summed E-state index contributed by atoms with van der Waals surface area (Å²) in [5, 5.41) is 13.7. The maximum Gasteiger partial charge on any atom is 0.0603 e. The molecule has 0 saturated heterocycles. The maximum absolute atomic E-state index is 9.69. The van der Waals surface area contributed by atoms with Gasteiger partial charge in [-0.2, -0.15) is 5.10 Å². The van der Waals surface area contributed by atoms with Crippen LogP contribution in [0.2, 0.25) is 0 Å². The maximum atomic E-state index is 9.69. The van der Waals surface area contributed by atoms with Crippen molar-refractivity contribution in [3.05, 3.63) is 18.0 Å². The molecule has 0 aliphatic carbocycles. The lowest BCUT2D eigenvalue weighted by Crippen LogP contribution is -2.13. The molecule has 1 aromatic heterocycles. The monoisotopic (exact) mass is 212 g/mol. The van der Waals surface area contributed by atoms with Crippen molar-refractivity contribution in [2.75, 3.05) is 13.2 Å². The van der Waals surface area contributed by atoms with Gasteiger partial charge in [-0.15, -0.1) is 0 Å². The smallest absolute Gasteiger partial charge is 0.0603 e. The lowest BCUT2D eigenvalue weighted by molar-refractivity contribution is 0.0824. The predicted octanol–water partition coefficient (Wildman–Crippen LogP) is 1.14. The Labute approximate surface area is 90.9 Å². The lowest BCUT2D eigenvalue weighted by atomic mass is 10.1. The zero-order chi connectivity index (χ0) is 11.1. The van der Waals surface area contributed by atoms with Crippen LogP contribution in [0, 0.1) is 0 Å². The normalized spacial score (nSPS) is 13.0. The Morgan fingerprint density at radius 1 is 1.53 bits per heavy atom. The number of nitrogens with zero attached hydrogens (tertiary/aromatic N) is 2. The number of ether oxygens (including phenoxy) is 1. The summed E-state index contributed by atoms with van der Waals surface area (Å²) in [6.45, 7) is 3.49. The van der Waals surface area contributed by atoms with Gasteiger partial charge in [0.1, 0.15) is 0 Å². The van der Waals surface area contributed by atoms with E-state index in [2.05, 4.69) is 12.0 Å². The molecule has 0 aliphatic heterocycles. The average molecular weight is 212 g/mol. The highest BCUT2D eigenvalue weighted by molar-refractivity contribution is 5.04. The minimum Gasteiger partial charge on any atom is -0.393 e. The third-order valence-electron chi connectivity index (χ3n) is 2.17. The molecule has 1 rings (SSSR count). The zero-order valence-electron chi connectivity index (χ0n) is 9.52. The van der Waals surface area contributed by atoms with Crippen LogP contribution in [-0.2, 0) is 18.2 Å². The summed E-state index contributed by atoms with van der Waals surface area (Å²) in [6.07, 6.45) is 5.76. The fourth-order valence-electron chi connectivity index (χ4n) is 1.42. The molecule has 0 aliphatic rings. The Morgan fingerprint density at radius 3 is 2.93 bits per heavy atom. The van der Waals surface area contributed by atoms with Crippen molar-refractivity contribution in [3.63, 3.8) is 0 Å². The molecule has 4 nitrogen and oxygen atoms in total. The molecule has 0 spiro atoms. The molecule has 1 aromatic rings. The van der Waals surface area contributed by atoms with Crippen molar-refractivity contribution in [2.24, 2.45) is 7.05 Å². The van der Waals surface area contributed by atoms with Crippen LogP contribution in [0.25, 0.3) is 0 Å². The summed E-state index contributed by atoms with van der Waals surface area (Å²) >= 11 is 0. The summed E-state index contributed by atoms with van der Waals surface area (Å²) < 4.78 is 7.06. The first-order chi connectivity index (χ1) is 7.22. The molecule has 1 unspecified atom stereocenters. The molecule has 15 heavy (non-hydrogen) atoms. The average Bonchev–Trinajstić information content (AvgIpc) is 2.59. The van der Waals surface area contributed by atoms with Crippen molar-refractivity contribution in [1.82, 2.24) is 9.78 Å². The summed E-state index contributed by atoms with van der Waals surface area (Å²) in [7, 11) is 1.88. The van der Waals surface area contributed by atoms with E-state index >= 15 is 0 Å². The molecular weight excluding hydrogens is 192 g/mol. The van der Waals surface area contributed by atoms with E-state index in [1.807, 2.05) is 13.2 Å². The van der Waals surface area contributed by atoms with Crippen LogP contribution in [0.4, 0.5) is 0 Å². The molecule has 1 atom stereocenters. The first kappa shape index (κ1) is 12.2. The van der Waals surface area contributed by atoms with E-state index in [-0.39, 0.29) is 6.10 Å². The SMILES string of the molecule is CCCOCCC(O)Cc1cnn(C)c1. The Morgan fingerprint density at radius 2 is 2.33 bits per heavy atom. The Bertz CT molecular complexity index is 273. The fraction of sp³-hybridized carbons (Fsp3) is 0.727. The van der Waals surface area contributed by atoms with Gasteiger partial charge < -0.3 is 9.84 Å². The highest BCUT2D eigenvalue weighted by Gasteiger charge is 2.06. The molecular formula is C11H20N2O2. The molecule has 1 N–H and O–H groups in total. The van der Waals surface area contributed by atoms with Crippen LogP contribution in [0.3, 0.4) is 0 Å². The summed E-state index contributed by atoms with van der Waals surface area (Å²) in [5.41, 5.74) is 1.07. The number of rotatable bonds is 7. The van der Waals surface area contributed by atoms with E-state index in [1.165, 1.54) is 0 Å². The van der Waals surface area contributed by atoms with Crippen LogP contribution >= 0.6 is 0 Å². The van der Waals surface area contributed by atoms with Crippen molar-refractivity contribution < 1.29 is 9.84 Å². The van der Waals surface area contributed by atoms with Crippen molar-refractivity contribution in [3.8, 4) is 0 Å². The molecule has 0 amide bonds. The second-order valence-corrected chi connectivity index (χ2v) is 3.78. The van der Waals surface area contributed by atoms with Crippen LogP contribution in [0.15, 0.2) is 12.4 Å². The van der Waals surface area contributed by atoms with Gasteiger partial charge in [-0.3, -0.25) is 4.68 Å². The van der Waals surface area contributed by atoms with E-state index < -0.39 is 0 Å². The first-order valence-electron chi connectivity index (χ1n) is 5.45. The summed E-state index contributed by atoms with van der Waals surface area (Å²) in [6, 6.07) is 0. The third kappa shape index (κ3) is 4.95. The minimum atomic E-state index is -0.328. The standard InChI is InChI=1S/C11H20N2O2/c1-3-5-15-6-4-11(14)7-10-8-12-13(2)9-10/h8-9,11,14H,3-7H2,1-2H3. The van der Waals surface area contributed by atoms with E-state index in [4.69, 9.17) is 4.74 Å². The van der Waals surface area contributed by atoms with Gasteiger partial charge in [0.15, 0.2) is 0 Å². The first-order valence-corrected chi connectivity index (χ1v) is 5.45. The van der Waals surface area contributed by atoms with Gasteiger partial charge in [0.05, 0.1) is 12.3 Å². The van der Waals surface area contributed by atoms with Gasteiger partial charge in [-0.25, -0.2) is 0 Å². The fourth-order valence-corrected chi connectivity index (χ4v) is 1.42. The summed E-state index contributed by atoms with van der Waals surface area (Å²) in [5.74, 6) is 0. The van der Waals surface area contributed by atoms with E-state index in [0.29, 0.717) is 19.4 Å². The largest absolute Gasteiger partial charge is 0.393 e. The number of aryl methyl sites for hydroxylation is 1. The van der Waals surface area contributed by atoms with E-state index in [0.717, 1.165) is 18.6 Å². The topological polar surface area (TPSA) is 47.3 Å². The second-order valence-electron chi connectivity index (χ2n) is 3.78. The number of hydrogen-bond donors (Lipinski definition) is 1. The highest BCUT2D eigenvalue weighted by atomic mass is 16.5. The Balaban J connectivity index is 2.15. The van der Waals surface area contributed by atoms with Crippen LogP contribution < -0.4 is 0 Å². The quantitative estimate of drug-likeness (QED) is 0.689. The van der Waals surface area contributed by atoms with E-state index in [1.54, 1.807) is 10.9 Å². The molecule has 0 saturated carbocycles. The molecule has 4 heteroatoms. The number of aliphatic hydroxyl groups excluding tert-OH is 1. The molecule has 0 aromatic carbocycles.